The number of para-hydroxylation sites is 3. The van der Waals surface area contributed by atoms with Gasteiger partial charge in [0.1, 0.15) is 5.70 Å². The Morgan fingerprint density at radius 1 is 1.22 bits per heavy atom. The van der Waals surface area contributed by atoms with Gasteiger partial charge in [-0.05, 0) is 30.8 Å². The number of halogens is 1. The minimum Gasteiger partial charge on any atom is -0.328 e. The highest BCUT2D eigenvalue weighted by molar-refractivity contribution is 7.99. The van der Waals surface area contributed by atoms with E-state index in [0.717, 1.165) is 11.0 Å². The number of carbonyl (C=O) groups excluding carboxylic acids is 1. The molecule has 2 heterocycles. The van der Waals surface area contributed by atoms with Crippen LogP contribution in [0.1, 0.15) is 5.82 Å². The van der Waals surface area contributed by atoms with Crippen molar-refractivity contribution in [2.75, 3.05) is 5.75 Å². The van der Waals surface area contributed by atoms with Gasteiger partial charge in [0.05, 0.1) is 46.4 Å². The molecule has 0 spiro atoms. The lowest BCUT2D eigenvalue weighted by atomic mass is 10.1. The third kappa shape index (κ3) is 4.29. The first-order valence-electron chi connectivity index (χ1n) is 9.64. The summed E-state index contributed by atoms with van der Waals surface area (Å²) in [6.45, 7) is 4.03. The van der Waals surface area contributed by atoms with Crippen LogP contribution in [0.3, 0.4) is 0 Å². The quantitative estimate of drug-likeness (QED) is 0.401. The molecule has 2 aromatic carbocycles. The number of thioether (sulfide) groups is 1. The third-order valence-corrected chi connectivity index (χ3v) is 6.11. The Balaban J connectivity index is 1.70. The summed E-state index contributed by atoms with van der Waals surface area (Å²) in [5.41, 5.74) is 6.45. The molecule has 0 radical (unpaired) electrons. The molecule has 4 rings (SSSR count). The first kappa shape index (κ1) is 21.8. The fourth-order valence-corrected chi connectivity index (χ4v) is 4.36. The lowest BCUT2D eigenvalue weighted by Gasteiger charge is -2.12. The number of rotatable bonds is 8. The summed E-state index contributed by atoms with van der Waals surface area (Å²) in [5, 5.41) is 18.9. The van der Waals surface area contributed by atoms with Crippen LogP contribution in [0.25, 0.3) is 16.7 Å². The summed E-state index contributed by atoms with van der Waals surface area (Å²) >= 11 is 7.67. The van der Waals surface area contributed by atoms with Gasteiger partial charge in [-0.3, -0.25) is 9.36 Å². The van der Waals surface area contributed by atoms with Crippen molar-refractivity contribution in [3.63, 3.8) is 0 Å². The monoisotopic (exact) mass is 464 g/mol. The average Bonchev–Trinajstić information content (AvgIpc) is 3.37. The number of aromatic nitrogens is 5. The van der Waals surface area contributed by atoms with Gasteiger partial charge in [-0.1, -0.05) is 47.6 Å². The standard InChI is InChI=1S/C22H18ClN7OS/c1-14(25)15(10-24)20(31)12-32-22-28-27-21(30(22)18-8-4-2-6-16(18)23)11-29-13-26-17-7-3-5-9-19(17)29/h2-9,13,15H,1,11-12,25H2/p+1/t15-/m0/s1. The average molecular weight is 465 g/mol. The summed E-state index contributed by atoms with van der Waals surface area (Å²) in [6, 6.07) is 17.1. The van der Waals surface area contributed by atoms with Gasteiger partial charge in [-0.25, -0.2) is 4.98 Å². The van der Waals surface area contributed by atoms with Crippen molar-refractivity contribution in [3.8, 4) is 11.8 Å². The van der Waals surface area contributed by atoms with E-state index in [1.165, 1.54) is 11.8 Å². The molecular weight excluding hydrogens is 446 g/mol. The van der Waals surface area contributed by atoms with Gasteiger partial charge in [0.15, 0.2) is 22.7 Å². The van der Waals surface area contributed by atoms with Crippen LogP contribution >= 0.6 is 23.4 Å². The lowest BCUT2D eigenvalue weighted by molar-refractivity contribution is -0.309. The number of carbonyl (C=O) groups is 1. The van der Waals surface area contributed by atoms with Gasteiger partial charge in [0.25, 0.3) is 0 Å². The van der Waals surface area contributed by atoms with Crippen molar-refractivity contribution in [1.29, 1.82) is 5.26 Å². The fraction of sp³-hybridized carbons (Fsp3) is 0.136. The molecule has 3 N–H and O–H groups in total. The highest BCUT2D eigenvalue weighted by atomic mass is 35.5. The van der Waals surface area contributed by atoms with Crippen molar-refractivity contribution in [2.45, 2.75) is 11.7 Å². The minimum atomic E-state index is -0.948. The second kappa shape index (κ2) is 9.36. The Morgan fingerprint density at radius 3 is 2.72 bits per heavy atom. The molecule has 0 saturated carbocycles. The number of nitriles is 1. The Morgan fingerprint density at radius 2 is 1.97 bits per heavy atom. The highest BCUT2D eigenvalue weighted by Gasteiger charge is 2.24. The van der Waals surface area contributed by atoms with E-state index in [0.29, 0.717) is 28.2 Å². The molecule has 160 valence electrons. The molecule has 1 atom stereocenters. The van der Waals surface area contributed by atoms with E-state index in [9.17, 15) is 10.1 Å². The van der Waals surface area contributed by atoms with Gasteiger partial charge >= 0.3 is 0 Å². The molecular formula is C22H19ClN7OS+. The van der Waals surface area contributed by atoms with Gasteiger partial charge in [-0.15, -0.1) is 10.2 Å². The van der Waals surface area contributed by atoms with Crippen molar-refractivity contribution in [1.82, 2.24) is 24.3 Å². The van der Waals surface area contributed by atoms with E-state index in [2.05, 4.69) is 27.5 Å². The number of hydrogen-bond donors (Lipinski definition) is 1. The van der Waals surface area contributed by atoms with E-state index in [1.807, 2.05) is 57.7 Å². The van der Waals surface area contributed by atoms with Crippen LogP contribution in [0.4, 0.5) is 0 Å². The second-order valence-corrected chi connectivity index (χ2v) is 8.37. The predicted octanol–water partition coefficient (Wildman–Crippen LogP) is 2.88. The Hall–Kier alpha value is -3.45. The molecule has 0 fully saturated rings. The predicted molar refractivity (Wildman–Crippen MR) is 122 cm³/mol. The van der Waals surface area contributed by atoms with E-state index in [1.54, 1.807) is 12.4 Å². The number of Topliss-reactive ketones (excluding diaryl/α,β-unsaturated/α-hetero) is 1. The summed E-state index contributed by atoms with van der Waals surface area (Å²) in [7, 11) is 0. The van der Waals surface area contributed by atoms with Gasteiger partial charge in [-0.2, -0.15) is 5.26 Å². The number of ketones is 1. The maximum absolute atomic E-state index is 12.5. The summed E-state index contributed by atoms with van der Waals surface area (Å²) in [6.07, 6.45) is 1.75. The molecule has 10 heteroatoms. The number of quaternary nitrogens is 1. The minimum absolute atomic E-state index is 0.0311. The van der Waals surface area contributed by atoms with Gasteiger partial charge in [0, 0.05) is 0 Å². The molecule has 2 aromatic heterocycles. The Bertz CT molecular complexity index is 1350. The smallest absolute Gasteiger partial charge is 0.196 e. The van der Waals surface area contributed by atoms with Crippen LogP contribution in [0.2, 0.25) is 5.02 Å². The van der Waals surface area contributed by atoms with Crippen LogP contribution in [0.5, 0.6) is 0 Å². The molecule has 4 aromatic rings. The summed E-state index contributed by atoms with van der Waals surface area (Å²) in [5.74, 6) is -0.567. The molecule has 8 nitrogen and oxygen atoms in total. The van der Waals surface area contributed by atoms with Crippen molar-refractivity contribution in [3.05, 3.63) is 78.0 Å². The molecule has 0 bridgehead atoms. The fourth-order valence-electron chi connectivity index (χ4n) is 3.27. The number of imidazole rings is 1. The molecule has 0 amide bonds. The third-order valence-electron chi connectivity index (χ3n) is 4.84. The van der Waals surface area contributed by atoms with E-state index in [-0.39, 0.29) is 17.2 Å². The molecule has 32 heavy (non-hydrogen) atoms. The normalized spacial score (nSPS) is 11.9. The van der Waals surface area contributed by atoms with E-state index in [4.69, 9.17) is 11.6 Å². The number of allylic oxidation sites excluding steroid dienone is 1. The Kier molecular flexibility index (Phi) is 6.37. The van der Waals surface area contributed by atoms with Crippen LogP contribution in [0, 0.1) is 17.2 Å². The Labute approximate surface area is 193 Å². The number of benzene rings is 2. The molecule has 0 unspecified atom stereocenters. The van der Waals surface area contributed by atoms with E-state index >= 15 is 0 Å². The number of fused-ring (bicyclic) bond motifs is 1. The zero-order chi connectivity index (χ0) is 22.7. The SMILES string of the molecule is C=C([NH3+])[C@H](C#N)C(=O)CSc1nnc(Cn2cnc3ccccc32)n1-c1ccccc1Cl. The van der Waals surface area contributed by atoms with Gasteiger partial charge < -0.3 is 10.3 Å². The zero-order valence-electron chi connectivity index (χ0n) is 17.0. The van der Waals surface area contributed by atoms with Crippen LogP contribution < -0.4 is 5.73 Å². The largest absolute Gasteiger partial charge is 0.328 e. The first-order valence-corrected chi connectivity index (χ1v) is 11.0. The topological polar surface area (TPSA) is 117 Å². The number of nitrogens with zero attached hydrogens (tertiary/aromatic N) is 6. The lowest BCUT2D eigenvalue weighted by Crippen LogP contribution is -2.51. The molecule has 0 aliphatic carbocycles. The zero-order valence-corrected chi connectivity index (χ0v) is 18.6. The maximum Gasteiger partial charge on any atom is 0.196 e. The molecule has 0 aliphatic heterocycles. The van der Waals surface area contributed by atoms with Crippen LogP contribution in [0.15, 0.2) is 72.3 Å². The number of hydrogen-bond acceptors (Lipinski definition) is 6. The van der Waals surface area contributed by atoms with E-state index < -0.39 is 5.92 Å². The van der Waals surface area contributed by atoms with Crippen molar-refractivity contribution in [2.24, 2.45) is 5.92 Å². The first-order chi connectivity index (χ1) is 15.5. The second-order valence-electron chi connectivity index (χ2n) is 7.02. The molecule has 0 aliphatic rings. The van der Waals surface area contributed by atoms with Crippen LogP contribution in [-0.2, 0) is 11.3 Å². The summed E-state index contributed by atoms with van der Waals surface area (Å²) in [4.78, 5) is 16.9. The summed E-state index contributed by atoms with van der Waals surface area (Å²) < 4.78 is 3.81. The highest BCUT2D eigenvalue weighted by Crippen LogP contribution is 2.28. The van der Waals surface area contributed by atoms with Crippen molar-refractivity contribution < 1.29 is 10.5 Å². The van der Waals surface area contributed by atoms with Gasteiger partial charge in [0.2, 0.25) is 0 Å². The molecule has 0 saturated heterocycles. The van der Waals surface area contributed by atoms with Crippen molar-refractivity contribution >= 4 is 40.2 Å². The van der Waals surface area contributed by atoms with Crippen LogP contribution in [-0.4, -0.2) is 35.9 Å². The maximum atomic E-state index is 12.5.